The summed E-state index contributed by atoms with van der Waals surface area (Å²) in [5.74, 6) is -0.748. The van der Waals surface area contributed by atoms with Crippen LogP contribution in [0.15, 0.2) is 6.20 Å². The molecule has 1 aromatic rings. The molecule has 4 nitrogen and oxygen atoms in total. The van der Waals surface area contributed by atoms with Gasteiger partial charge in [-0.15, -0.1) is 0 Å². The van der Waals surface area contributed by atoms with Gasteiger partial charge in [-0.3, -0.25) is 0 Å². The van der Waals surface area contributed by atoms with Gasteiger partial charge in [0.1, 0.15) is 0 Å². The maximum atomic E-state index is 10.8. The number of hydrogen-bond donors (Lipinski definition) is 1. The highest BCUT2D eigenvalue weighted by atomic mass is 16.4. The van der Waals surface area contributed by atoms with E-state index in [1.165, 1.54) is 6.42 Å². The molecular formula is C9H12N2O2. The maximum Gasteiger partial charge on any atom is 0.372 e. The van der Waals surface area contributed by atoms with Crippen LogP contribution in [0.1, 0.15) is 41.6 Å². The number of carboxylic acids is 1. The molecule has 1 N–H and O–H groups in total. The molecule has 1 aliphatic rings. The lowest BCUT2D eigenvalue weighted by molar-refractivity contribution is 0.0671. The lowest BCUT2D eigenvalue weighted by Crippen LogP contribution is -2.22. The first-order chi connectivity index (χ1) is 6.20. The number of hydrogen-bond acceptors (Lipinski definition) is 2. The number of imidazole rings is 1. The molecule has 70 valence electrons. The van der Waals surface area contributed by atoms with Crippen LogP contribution < -0.4 is 0 Å². The molecule has 1 heterocycles. The van der Waals surface area contributed by atoms with Crippen LogP contribution in [0.5, 0.6) is 0 Å². The van der Waals surface area contributed by atoms with Crippen molar-refractivity contribution in [2.45, 2.75) is 32.2 Å². The molecule has 1 saturated carbocycles. The predicted octanol–water partition coefficient (Wildman–Crippen LogP) is 1.61. The standard InChI is InChI=1S/C9H12N2O2/c1-6-5-10-8(9(12)13)11(6)7-3-2-4-7/h5,7H,2-4H2,1H3,(H,12,13). The highest BCUT2D eigenvalue weighted by molar-refractivity contribution is 5.83. The number of aromatic carboxylic acids is 1. The second-order valence-corrected chi connectivity index (χ2v) is 3.48. The normalized spacial score (nSPS) is 17.0. The van der Waals surface area contributed by atoms with Crippen LogP contribution in [0.4, 0.5) is 0 Å². The van der Waals surface area contributed by atoms with Gasteiger partial charge in [-0.2, -0.15) is 0 Å². The second kappa shape index (κ2) is 2.87. The van der Waals surface area contributed by atoms with Gasteiger partial charge < -0.3 is 9.67 Å². The molecule has 4 heteroatoms. The van der Waals surface area contributed by atoms with Gasteiger partial charge in [0, 0.05) is 17.9 Å². The third-order valence-corrected chi connectivity index (χ3v) is 2.61. The van der Waals surface area contributed by atoms with E-state index in [-0.39, 0.29) is 5.82 Å². The van der Waals surface area contributed by atoms with Gasteiger partial charge in [-0.25, -0.2) is 9.78 Å². The summed E-state index contributed by atoms with van der Waals surface area (Å²) in [6, 6.07) is 0.369. The molecule has 1 aliphatic carbocycles. The van der Waals surface area contributed by atoms with E-state index in [0.29, 0.717) is 6.04 Å². The summed E-state index contributed by atoms with van der Waals surface area (Å²) in [6.07, 6.45) is 4.98. The summed E-state index contributed by atoms with van der Waals surface area (Å²) < 4.78 is 1.84. The first-order valence-corrected chi connectivity index (χ1v) is 4.47. The molecule has 0 radical (unpaired) electrons. The van der Waals surface area contributed by atoms with Crippen LogP contribution >= 0.6 is 0 Å². The van der Waals surface area contributed by atoms with E-state index in [2.05, 4.69) is 4.98 Å². The Labute approximate surface area is 76.2 Å². The van der Waals surface area contributed by atoms with E-state index in [0.717, 1.165) is 18.5 Å². The smallest absolute Gasteiger partial charge is 0.372 e. The van der Waals surface area contributed by atoms with Gasteiger partial charge in [0.15, 0.2) is 0 Å². The highest BCUT2D eigenvalue weighted by Crippen LogP contribution is 2.33. The SMILES string of the molecule is Cc1cnc(C(=O)O)n1C1CCC1. The minimum Gasteiger partial charge on any atom is -0.475 e. The second-order valence-electron chi connectivity index (χ2n) is 3.48. The van der Waals surface area contributed by atoms with Gasteiger partial charge in [0.05, 0.1) is 0 Å². The van der Waals surface area contributed by atoms with Crippen molar-refractivity contribution in [2.75, 3.05) is 0 Å². The molecule has 0 spiro atoms. The average molecular weight is 180 g/mol. The molecule has 0 unspecified atom stereocenters. The fourth-order valence-corrected chi connectivity index (χ4v) is 1.71. The Kier molecular flexibility index (Phi) is 1.83. The van der Waals surface area contributed by atoms with Gasteiger partial charge in [-0.05, 0) is 26.2 Å². The molecule has 0 bridgehead atoms. The van der Waals surface area contributed by atoms with Crippen molar-refractivity contribution in [3.63, 3.8) is 0 Å². The maximum absolute atomic E-state index is 10.8. The highest BCUT2D eigenvalue weighted by Gasteiger charge is 2.25. The van der Waals surface area contributed by atoms with Crippen molar-refractivity contribution in [3.8, 4) is 0 Å². The number of carboxylic acid groups (broad SMARTS) is 1. The Bertz CT molecular complexity index is 339. The van der Waals surface area contributed by atoms with Gasteiger partial charge in [0.2, 0.25) is 5.82 Å². The molecule has 0 amide bonds. The number of aromatic nitrogens is 2. The molecule has 0 aliphatic heterocycles. The van der Waals surface area contributed by atoms with E-state index in [1.54, 1.807) is 6.20 Å². The number of carbonyl (C=O) groups is 1. The molecule has 0 saturated heterocycles. The van der Waals surface area contributed by atoms with Crippen molar-refractivity contribution in [1.29, 1.82) is 0 Å². The summed E-state index contributed by atoms with van der Waals surface area (Å²) in [6.45, 7) is 1.90. The van der Waals surface area contributed by atoms with E-state index < -0.39 is 5.97 Å². The van der Waals surface area contributed by atoms with Crippen LogP contribution in [-0.4, -0.2) is 20.6 Å². The van der Waals surface area contributed by atoms with Gasteiger partial charge in [0.25, 0.3) is 0 Å². The number of nitrogens with zero attached hydrogens (tertiary/aromatic N) is 2. The topological polar surface area (TPSA) is 55.1 Å². The number of rotatable bonds is 2. The first-order valence-electron chi connectivity index (χ1n) is 4.47. The third kappa shape index (κ3) is 1.22. The Morgan fingerprint density at radius 3 is 2.85 bits per heavy atom. The summed E-state index contributed by atoms with van der Waals surface area (Å²) >= 11 is 0. The summed E-state index contributed by atoms with van der Waals surface area (Å²) in [4.78, 5) is 14.7. The molecule has 0 atom stereocenters. The van der Waals surface area contributed by atoms with Crippen molar-refractivity contribution >= 4 is 5.97 Å². The molecular weight excluding hydrogens is 168 g/mol. The Morgan fingerprint density at radius 1 is 1.69 bits per heavy atom. The molecule has 1 aromatic heterocycles. The van der Waals surface area contributed by atoms with Crippen molar-refractivity contribution in [3.05, 3.63) is 17.7 Å². The zero-order valence-corrected chi connectivity index (χ0v) is 7.53. The van der Waals surface area contributed by atoms with Crippen molar-refractivity contribution in [2.24, 2.45) is 0 Å². The molecule has 1 fully saturated rings. The zero-order chi connectivity index (χ0) is 9.42. The Balaban J connectivity index is 2.39. The van der Waals surface area contributed by atoms with Crippen LogP contribution in [0, 0.1) is 6.92 Å². The summed E-state index contributed by atoms with van der Waals surface area (Å²) in [7, 11) is 0. The first kappa shape index (κ1) is 8.29. The van der Waals surface area contributed by atoms with E-state index in [9.17, 15) is 4.79 Å². The minimum absolute atomic E-state index is 0.183. The van der Waals surface area contributed by atoms with Crippen LogP contribution in [0.2, 0.25) is 0 Å². The minimum atomic E-state index is -0.931. The largest absolute Gasteiger partial charge is 0.475 e. The van der Waals surface area contributed by atoms with E-state index >= 15 is 0 Å². The van der Waals surface area contributed by atoms with Crippen LogP contribution in [-0.2, 0) is 0 Å². The van der Waals surface area contributed by atoms with Crippen LogP contribution in [0.3, 0.4) is 0 Å². The van der Waals surface area contributed by atoms with Crippen LogP contribution in [0.25, 0.3) is 0 Å². The van der Waals surface area contributed by atoms with Gasteiger partial charge >= 0.3 is 5.97 Å². The Morgan fingerprint density at radius 2 is 2.38 bits per heavy atom. The van der Waals surface area contributed by atoms with E-state index in [1.807, 2.05) is 11.5 Å². The predicted molar refractivity (Wildman–Crippen MR) is 46.8 cm³/mol. The van der Waals surface area contributed by atoms with Crippen molar-refractivity contribution < 1.29 is 9.90 Å². The van der Waals surface area contributed by atoms with Crippen molar-refractivity contribution in [1.82, 2.24) is 9.55 Å². The molecule has 0 aromatic carbocycles. The lowest BCUT2D eigenvalue weighted by atomic mass is 9.92. The van der Waals surface area contributed by atoms with E-state index in [4.69, 9.17) is 5.11 Å². The number of aryl methyl sites for hydroxylation is 1. The Hall–Kier alpha value is -1.32. The zero-order valence-electron chi connectivity index (χ0n) is 7.53. The average Bonchev–Trinajstić information content (AvgIpc) is 2.30. The lowest BCUT2D eigenvalue weighted by Gasteiger charge is -2.28. The summed E-state index contributed by atoms with van der Waals surface area (Å²) in [5.41, 5.74) is 0.946. The monoisotopic (exact) mass is 180 g/mol. The molecule has 13 heavy (non-hydrogen) atoms. The molecule has 2 rings (SSSR count). The fraction of sp³-hybridized carbons (Fsp3) is 0.556. The quantitative estimate of drug-likeness (QED) is 0.752. The van der Waals surface area contributed by atoms with Gasteiger partial charge in [-0.1, -0.05) is 0 Å². The third-order valence-electron chi connectivity index (χ3n) is 2.61. The summed E-state index contributed by atoms with van der Waals surface area (Å²) in [5, 5.41) is 8.86. The fourth-order valence-electron chi connectivity index (χ4n) is 1.71.